The minimum Gasteiger partial charge on any atom is -0.506 e. The van der Waals surface area contributed by atoms with E-state index in [4.69, 9.17) is 14.4 Å². The second kappa shape index (κ2) is 15.9. The molecule has 1 aliphatic carbocycles. The van der Waals surface area contributed by atoms with Gasteiger partial charge in [0.25, 0.3) is 0 Å². The number of aliphatic hydroxyl groups is 1. The fraction of sp³-hybridized carbons (Fsp3) is 0.208. The Morgan fingerprint density at radius 1 is 0.776 bits per heavy atom. The van der Waals surface area contributed by atoms with Crippen molar-refractivity contribution in [3.63, 3.8) is 0 Å². The number of carbonyl (C=O) groups is 1. The van der Waals surface area contributed by atoms with Crippen molar-refractivity contribution in [1.29, 1.82) is 0 Å². The molecule has 9 rings (SSSR count). The van der Waals surface area contributed by atoms with Crippen LogP contribution < -0.4 is 46.7 Å². The minimum atomic E-state index is -0.396. The predicted molar refractivity (Wildman–Crippen MR) is 240 cm³/mol. The number of Topliss-reactive ketones (excluding diaryl/α,β-unsaturated/α-hetero) is 1. The standard InChI is InChI=1S/C48H46B2N4O4/c1-4-7-11-30(6-3)29-58-36-24-20-34(21-25-36)50-52-40-15-10-13-32-17-27-38(46(54-50)42(32)40)44-47(55)43(48(44)56)37-26-16-31-12-9-14-39-41(31)45(37)53-49(51-39)33-18-22-35(23-19-33)57-28-8-5-2/h5,9-10,12-27,30,51-53,55H,2,4,6-8,11,28-29H2,1,3H3. The van der Waals surface area contributed by atoms with Gasteiger partial charge in [0, 0.05) is 38.6 Å². The highest BCUT2D eigenvalue weighted by Crippen LogP contribution is 2.45. The first-order valence-electron chi connectivity index (χ1n) is 20.5. The van der Waals surface area contributed by atoms with E-state index in [2.05, 4.69) is 54.3 Å². The van der Waals surface area contributed by atoms with Crippen LogP contribution in [0.4, 0.5) is 17.1 Å². The van der Waals surface area contributed by atoms with E-state index >= 15 is 0 Å². The van der Waals surface area contributed by atoms with Gasteiger partial charge < -0.3 is 35.2 Å². The zero-order valence-corrected chi connectivity index (χ0v) is 33.0. The summed E-state index contributed by atoms with van der Waals surface area (Å²) < 4.78 is 12.0. The fourth-order valence-electron chi connectivity index (χ4n) is 8.42. The predicted octanol–water partition coefficient (Wildman–Crippen LogP) is 7.92. The lowest BCUT2D eigenvalue weighted by atomic mass is 9.65. The van der Waals surface area contributed by atoms with E-state index < -0.39 is 6.98 Å². The van der Waals surface area contributed by atoms with Crippen LogP contribution in [0.3, 0.4) is 0 Å². The maximum Gasteiger partial charge on any atom is 0.427 e. The molecule has 0 saturated carbocycles. The summed E-state index contributed by atoms with van der Waals surface area (Å²) in [6, 6.07) is 36.2. The Morgan fingerprint density at radius 2 is 1.47 bits per heavy atom. The third-order valence-corrected chi connectivity index (χ3v) is 11.7. The van der Waals surface area contributed by atoms with Gasteiger partial charge in [0.05, 0.1) is 29.7 Å². The highest BCUT2D eigenvalue weighted by Gasteiger charge is 2.39. The molecule has 3 aliphatic rings. The summed E-state index contributed by atoms with van der Waals surface area (Å²) in [5, 5.41) is 28.1. The van der Waals surface area contributed by atoms with Crippen molar-refractivity contribution in [2.24, 2.45) is 10.8 Å². The van der Waals surface area contributed by atoms with Gasteiger partial charge >= 0.3 is 14.0 Å². The first-order chi connectivity index (χ1) is 28.4. The van der Waals surface area contributed by atoms with Crippen molar-refractivity contribution in [3.8, 4) is 11.5 Å². The van der Waals surface area contributed by atoms with Crippen LogP contribution in [-0.4, -0.2) is 38.1 Å². The minimum absolute atomic E-state index is 0.0276. The molecule has 1 unspecified atom stereocenters. The molecule has 0 saturated heterocycles. The van der Waals surface area contributed by atoms with Crippen molar-refractivity contribution in [2.45, 2.75) is 46.0 Å². The third-order valence-electron chi connectivity index (χ3n) is 11.7. The molecule has 0 radical (unpaired) electrons. The number of carbonyl (C=O) groups excluding carboxylic acids is 1. The monoisotopic (exact) mass is 764 g/mol. The molecule has 0 fully saturated rings. The lowest BCUT2D eigenvalue weighted by Crippen LogP contribution is -2.48. The number of aliphatic hydroxyl groups excluding tert-OH is 1. The first-order valence-corrected chi connectivity index (χ1v) is 20.5. The molecule has 2 heterocycles. The zero-order chi connectivity index (χ0) is 39.8. The van der Waals surface area contributed by atoms with E-state index in [0.717, 1.165) is 73.9 Å². The lowest BCUT2D eigenvalue weighted by Gasteiger charge is -2.31. The summed E-state index contributed by atoms with van der Waals surface area (Å²) in [4.78, 5) is 19.7. The van der Waals surface area contributed by atoms with Gasteiger partial charge in [-0.05, 0) is 76.9 Å². The molecule has 6 aromatic carbocycles. The number of nitrogens with one attached hydrogen (secondary N) is 3. The summed E-state index contributed by atoms with van der Waals surface area (Å²) in [6.45, 7) is 8.82. The van der Waals surface area contributed by atoms with E-state index in [0.29, 0.717) is 40.8 Å². The van der Waals surface area contributed by atoms with Crippen LogP contribution in [0, 0.1) is 5.92 Å². The molecule has 8 nitrogen and oxygen atoms in total. The average Bonchev–Trinajstić information content (AvgIpc) is 3.26. The van der Waals surface area contributed by atoms with Crippen molar-refractivity contribution in [3.05, 3.63) is 144 Å². The van der Waals surface area contributed by atoms with Gasteiger partial charge in [-0.3, -0.25) is 4.79 Å². The Morgan fingerprint density at radius 3 is 2.17 bits per heavy atom. The van der Waals surface area contributed by atoms with Gasteiger partial charge in [-0.15, -0.1) is 6.58 Å². The molecule has 10 heteroatoms. The highest BCUT2D eigenvalue weighted by molar-refractivity contribution is 6.80. The van der Waals surface area contributed by atoms with Crippen LogP contribution in [0.5, 0.6) is 11.5 Å². The number of ether oxygens (including phenoxy) is 2. The molecular weight excluding hydrogens is 718 g/mol. The molecule has 2 aliphatic heterocycles. The topological polar surface area (TPSA) is 104 Å². The summed E-state index contributed by atoms with van der Waals surface area (Å²) in [6.07, 6.45) is 7.31. The quantitative estimate of drug-likeness (QED) is 0.0508. The molecule has 6 aromatic rings. The number of nitrogens with zero attached hydrogens (tertiary/aromatic N) is 1. The number of benzene rings is 6. The Balaban J connectivity index is 1.07. The summed E-state index contributed by atoms with van der Waals surface area (Å²) >= 11 is 0. The van der Waals surface area contributed by atoms with E-state index in [1.165, 1.54) is 19.3 Å². The number of allylic oxidation sites excluding steroid dienone is 2. The smallest absolute Gasteiger partial charge is 0.427 e. The molecule has 0 bridgehead atoms. The second-order valence-electron chi connectivity index (χ2n) is 15.4. The number of hydrogen-bond acceptors (Lipinski definition) is 8. The molecule has 0 spiro atoms. The fourth-order valence-corrected chi connectivity index (χ4v) is 8.42. The molecule has 4 N–H and O–H groups in total. The largest absolute Gasteiger partial charge is 0.506 e. The van der Waals surface area contributed by atoms with Crippen molar-refractivity contribution in [1.82, 2.24) is 0 Å². The number of anilines is 3. The Labute approximate surface area is 339 Å². The normalized spacial score (nSPS) is 15.6. The number of ketones is 1. The number of rotatable bonds is 14. The van der Waals surface area contributed by atoms with E-state index in [1.54, 1.807) is 0 Å². The molecule has 0 amide bonds. The van der Waals surface area contributed by atoms with Crippen molar-refractivity contribution >= 4 is 80.4 Å². The summed E-state index contributed by atoms with van der Waals surface area (Å²) in [5.41, 5.74) is 5.88. The Hall–Kier alpha value is -6.41. The third kappa shape index (κ3) is 6.76. The SMILES string of the molecule is C=CCCOc1ccc(B2Nc3cccc4ccc(C5=C(O)C(=c6ccc7cccc8c7c6=NB(c6ccc(OCC(CC)CCCC)cc6)N8)C5=O)c(c34)N2)cc1. The molecule has 0 aromatic heterocycles. The van der Waals surface area contributed by atoms with E-state index in [-0.39, 0.29) is 24.1 Å². The Bertz CT molecular complexity index is 2730. The molecule has 1 atom stereocenters. The van der Waals surface area contributed by atoms with Crippen LogP contribution >= 0.6 is 0 Å². The van der Waals surface area contributed by atoms with Gasteiger partial charge in [0.1, 0.15) is 17.3 Å². The van der Waals surface area contributed by atoms with E-state index in [1.807, 2.05) is 97.1 Å². The van der Waals surface area contributed by atoms with Crippen LogP contribution in [0.1, 0.15) is 51.5 Å². The van der Waals surface area contributed by atoms with Gasteiger partial charge in [0.15, 0.2) is 0 Å². The lowest BCUT2D eigenvalue weighted by molar-refractivity contribution is -0.109. The maximum atomic E-state index is 14.5. The van der Waals surface area contributed by atoms with Crippen LogP contribution in [0.25, 0.3) is 32.7 Å². The number of hydrogen-bond donors (Lipinski definition) is 4. The van der Waals surface area contributed by atoms with Gasteiger partial charge in [-0.2, -0.15) is 0 Å². The highest BCUT2D eigenvalue weighted by atomic mass is 16.5. The summed E-state index contributed by atoms with van der Waals surface area (Å²) in [7, 11) is 0. The molecule has 288 valence electrons. The molecular formula is C48H46B2N4O4. The summed E-state index contributed by atoms with van der Waals surface area (Å²) in [5.74, 6) is 1.94. The van der Waals surface area contributed by atoms with Crippen LogP contribution in [0.2, 0.25) is 0 Å². The van der Waals surface area contributed by atoms with E-state index in [9.17, 15) is 9.90 Å². The van der Waals surface area contributed by atoms with Gasteiger partial charge in [-0.1, -0.05) is 112 Å². The van der Waals surface area contributed by atoms with Crippen molar-refractivity contribution in [2.75, 3.05) is 28.9 Å². The zero-order valence-electron chi connectivity index (χ0n) is 33.0. The average molecular weight is 765 g/mol. The Kier molecular flexibility index (Phi) is 10.2. The van der Waals surface area contributed by atoms with Gasteiger partial charge in [0.2, 0.25) is 5.78 Å². The van der Waals surface area contributed by atoms with Crippen molar-refractivity contribution < 1.29 is 19.4 Å². The first kappa shape index (κ1) is 37.2. The van der Waals surface area contributed by atoms with Crippen LogP contribution in [-0.2, 0) is 4.79 Å². The number of unbranched alkanes of at least 4 members (excludes halogenated alkanes) is 1. The maximum absolute atomic E-state index is 14.5. The second-order valence-corrected chi connectivity index (χ2v) is 15.4. The van der Waals surface area contributed by atoms with Gasteiger partial charge in [-0.25, -0.2) is 0 Å². The van der Waals surface area contributed by atoms with Crippen LogP contribution in [0.15, 0.2) is 133 Å². The molecule has 58 heavy (non-hydrogen) atoms.